The second-order valence-corrected chi connectivity index (χ2v) is 11.5. The number of anilines is 1. The highest BCUT2D eigenvalue weighted by molar-refractivity contribution is 7.92. The highest BCUT2D eigenvalue weighted by atomic mass is 35.5. The Morgan fingerprint density at radius 2 is 1.61 bits per heavy atom. The molecule has 0 aliphatic heterocycles. The van der Waals surface area contributed by atoms with Crippen LogP contribution in [0.5, 0.6) is 0 Å². The van der Waals surface area contributed by atoms with Crippen LogP contribution in [-0.4, -0.2) is 44.3 Å². The predicted molar refractivity (Wildman–Crippen MR) is 147 cm³/mol. The average molecular weight is 614 g/mol. The fraction of sp³-hybridized carbons (Fsp3) is 0.286. The van der Waals surface area contributed by atoms with Crippen molar-refractivity contribution >= 4 is 39.1 Å². The fourth-order valence-electron chi connectivity index (χ4n) is 3.94. The number of nitrogens with one attached hydrogen (secondary N) is 1. The van der Waals surface area contributed by atoms with Crippen LogP contribution >= 0.6 is 11.6 Å². The highest BCUT2D eigenvalue weighted by Gasteiger charge is 2.37. The van der Waals surface area contributed by atoms with Crippen LogP contribution in [0.2, 0.25) is 5.02 Å². The number of hydrogen-bond donors (Lipinski definition) is 1. The first-order chi connectivity index (χ1) is 19.1. The van der Waals surface area contributed by atoms with Crippen LogP contribution in [0, 0.1) is 12.7 Å². The van der Waals surface area contributed by atoms with Gasteiger partial charge in [-0.05, 0) is 68.8 Å². The zero-order chi connectivity index (χ0) is 30.5. The lowest BCUT2D eigenvalue weighted by molar-refractivity contribution is -0.139. The summed E-state index contributed by atoms with van der Waals surface area (Å²) in [6.07, 6.45) is -4.90. The number of hydrogen-bond acceptors (Lipinski definition) is 4. The Kier molecular flexibility index (Phi) is 10.0. The van der Waals surface area contributed by atoms with Crippen molar-refractivity contribution in [3.8, 4) is 0 Å². The zero-order valence-electron chi connectivity index (χ0n) is 22.4. The molecule has 1 atom stereocenters. The van der Waals surface area contributed by atoms with Gasteiger partial charge in [0.2, 0.25) is 11.8 Å². The van der Waals surface area contributed by atoms with Crippen LogP contribution in [0.4, 0.5) is 23.2 Å². The number of sulfonamides is 1. The van der Waals surface area contributed by atoms with Crippen LogP contribution in [0.15, 0.2) is 71.6 Å². The second kappa shape index (κ2) is 12.9. The van der Waals surface area contributed by atoms with Gasteiger partial charge in [0, 0.05) is 13.1 Å². The number of amides is 2. The lowest BCUT2D eigenvalue weighted by Gasteiger charge is -2.32. The molecule has 220 valence electrons. The molecule has 0 bridgehead atoms. The molecule has 2 amide bonds. The maximum absolute atomic E-state index is 13.8. The van der Waals surface area contributed by atoms with E-state index in [0.717, 1.165) is 34.7 Å². The van der Waals surface area contributed by atoms with Crippen molar-refractivity contribution in [2.75, 3.05) is 17.4 Å². The number of rotatable bonds is 10. The first kappa shape index (κ1) is 31.9. The number of aryl methyl sites for hydroxylation is 1. The predicted octanol–water partition coefficient (Wildman–Crippen LogP) is 5.56. The van der Waals surface area contributed by atoms with Gasteiger partial charge in [-0.1, -0.05) is 41.4 Å². The molecule has 3 aromatic carbocycles. The van der Waals surface area contributed by atoms with Crippen LogP contribution < -0.4 is 9.62 Å². The summed E-state index contributed by atoms with van der Waals surface area (Å²) < 4.78 is 82.6. The van der Waals surface area contributed by atoms with Crippen LogP contribution in [-0.2, 0) is 32.3 Å². The molecular formula is C28H28ClF4N3O4S. The minimum atomic E-state index is -4.90. The van der Waals surface area contributed by atoms with E-state index in [9.17, 15) is 35.6 Å². The summed E-state index contributed by atoms with van der Waals surface area (Å²) in [5.74, 6) is -1.95. The summed E-state index contributed by atoms with van der Waals surface area (Å²) in [4.78, 5) is 27.3. The van der Waals surface area contributed by atoms with Crippen LogP contribution in [0.3, 0.4) is 0 Å². The van der Waals surface area contributed by atoms with E-state index in [4.69, 9.17) is 11.6 Å². The van der Waals surface area contributed by atoms with Crippen molar-refractivity contribution < 1.29 is 35.6 Å². The van der Waals surface area contributed by atoms with Crippen molar-refractivity contribution in [1.29, 1.82) is 0 Å². The molecule has 0 saturated carbocycles. The minimum Gasteiger partial charge on any atom is -0.355 e. The van der Waals surface area contributed by atoms with E-state index >= 15 is 0 Å². The number of benzene rings is 3. The first-order valence-corrected chi connectivity index (χ1v) is 14.2. The monoisotopic (exact) mass is 613 g/mol. The van der Waals surface area contributed by atoms with Crippen molar-refractivity contribution in [2.24, 2.45) is 0 Å². The van der Waals surface area contributed by atoms with Gasteiger partial charge in [0.05, 0.1) is 21.2 Å². The van der Waals surface area contributed by atoms with E-state index in [1.807, 2.05) is 0 Å². The summed E-state index contributed by atoms with van der Waals surface area (Å²) in [5, 5.41) is 1.94. The van der Waals surface area contributed by atoms with Crippen LogP contribution in [0.1, 0.15) is 30.5 Å². The quantitative estimate of drug-likeness (QED) is 0.304. The summed E-state index contributed by atoms with van der Waals surface area (Å²) in [6, 6.07) is 12.1. The highest BCUT2D eigenvalue weighted by Crippen LogP contribution is 2.38. The fourth-order valence-corrected chi connectivity index (χ4v) is 5.57. The largest absolute Gasteiger partial charge is 0.417 e. The van der Waals surface area contributed by atoms with E-state index in [-0.39, 0.29) is 18.0 Å². The minimum absolute atomic E-state index is 0.204. The number of likely N-dealkylation sites (N-methyl/N-ethyl adjacent to an activating group) is 1. The van der Waals surface area contributed by atoms with Gasteiger partial charge in [-0.2, -0.15) is 13.2 Å². The lowest BCUT2D eigenvalue weighted by atomic mass is 10.1. The molecule has 0 aliphatic rings. The summed E-state index contributed by atoms with van der Waals surface area (Å²) in [6.45, 7) is 3.92. The van der Waals surface area contributed by atoms with Gasteiger partial charge in [0.1, 0.15) is 18.4 Å². The molecule has 3 aromatic rings. The molecule has 13 heteroatoms. The molecule has 7 nitrogen and oxygen atoms in total. The molecule has 0 aromatic heterocycles. The molecule has 1 N–H and O–H groups in total. The Labute approximate surface area is 240 Å². The van der Waals surface area contributed by atoms with E-state index < -0.39 is 62.7 Å². The maximum Gasteiger partial charge on any atom is 0.417 e. The Hall–Kier alpha value is -3.64. The Morgan fingerprint density at radius 1 is 1.00 bits per heavy atom. The Morgan fingerprint density at radius 3 is 2.17 bits per heavy atom. The standard InChI is InChI=1S/C28H28ClF4N3O4S/c1-4-34-27(38)19(3)35(16-20-7-9-21(30)10-8-20)26(37)17-36(41(39,40)23-12-5-18(2)6-13-23)22-11-14-25(29)24(15-22)28(31,32)33/h5-15,19H,4,16-17H2,1-3H3,(H,34,38). The van der Waals surface area contributed by atoms with E-state index in [1.165, 1.54) is 43.3 Å². The molecule has 0 fully saturated rings. The van der Waals surface area contributed by atoms with E-state index in [2.05, 4.69) is 5.32 Å². The van der Waals surface area contributed by atoms with E-state index in [0.29, 0.717) is 15.9 Å². The topological polar surface area (TPSA) is 86.8 Å². The normalized spacial score (nSPS) is 12.5. The van der Waals surface area contributed by atoms with Gasteiger partial charge in [0.25, 0.3) is 10.0 Å². The number of alkyl halides is 3. The molecule has 0 aliphatic carbocycles. The van der Waals surface area contributed by atoms with Gasteiger partial charge in [-0.25, -0.2) is 12.8 Å². The van der Waals surface area contributed by atoms with Gasteiger partial charge in [-0.15, -0.1) is 0 Å². The third kappa shape index (κ3) is 7.76. The van der Waals surface area contributed by atoms with Crippen molar-refractivity contribution in [3.05, 3.63) is 94.3 Å². The summed E-state index contributed by atoms with van der Waals surface area (Å²) >= 11 is 5.76. The number of halogens is 5. The molecule has 0 radical (unpaired) electrons. The smallest absolute Gasteiger partial charge is 0.355 e. The second-order valence-electron chi connectivity index (χ2n) is 9.21. The summed E-state index contributed by atoms with van der Waals surface area (Å²) in [7, 11) is -4.58. The molecule has 0 spiro atoms. The molecule has 41 heavy (non-hydrogen) atoms. The molecule has 3 rings (SSSR count). The zero-order valence-corrected chi connectivity index (χ0v) is 23.9. The average Bonchev–Trinajstić information content (AvgIpc) is 2.91. The maximum atomic E-state index is 13.8. The van der Waals surface area contributed by atoms with E-state index in [1.54, 1.807) is 13.8 Å². The Bertz CT molecular complexity index is 1500. The molecule has 0 heterocycles. The number of nitrogens with zero attached hydrogens (tertiary/aromatic N) is 2. The molecular weight excluding hydrogens is 586 g/mol. The molecule has 1 unspecified atom stereocenters. The first-order valence-electron chi connectivity index (χ1n) is 12.4. The van der Waals surface area contributed by atoms with Gasteiger partial charge in [0.15, 0.2) is 0 Å². The number of carbonyl (C=O) groups excluding carboxylic acids is 2. The third-order valence-corrected chi connectivity index (χ3v) is 8.33. The summed E-state index contributed by atoms with van der Waals surface area (Å²) in [5.41, 5.74) is -0.566. The van der Waals surface area contributed by atoms with Crippen molar-refractivity contribution in [2.45, 2.75) is 44.4 Å². The van der Waals surface area contributed by atoms with Gasteiger partial charge in [-0.3, -0.25) is 13.9 Å². The van der Waals surface area contributed by atoms with Crippen molar-refractivity contribution in [1.82, 2.24) is 10.2 Å². The van der Waals surface area contributed by atoms with Gasteiger partial charge >= 0.3 is 6.18 Å². The van der Waals surface area contributed by atoms with Crippen molar-refractivity contribution in [3.63, 3.8) is 0 Å². The lowest BCUT2D eigenvalue weighted by Crippen LogP contribution is -2.51. The van der Waals surface area contributed by atoms with Crippen LogP contribution in [0.25, 0.3) is 0 Å². The van der Waals surface area contributed by atoms with Gasteiger partial charge < -0.3 is 10.2 Å². The Balaban J connectivity index is 2.12. The molecule has 0 saturated heterocycles. The SMILES string of the molecule is CCNC(=O)C(C)N(Cc1ccc(F)cc1)C(=O)CN(c1ccc(Cl)c(C(F)(F)F)c1)S(=O)(=O)c1ccc(C)cc1. The number of carbonyl (C=O) groups is 2. The third-order valence-electron chi connectivity index (χ3n) is 6.22.